The number of unbranched alkanes of at least 4 members (excludes halogenated alkanes) is 2. The molecule has 0 aliphatic heterocycles. The SMILES string of the molecule is CCCCCc1ccc(C)cc1O.Cc1cc(O)ccc1C(C)C. The molecule has 0 saturated heterocycles. The largest absolute Gasteiger partial charge is 0.508 e. The van der Waals surface area contributed by atoms with Crippen molar-refractivity contribution in [3.63, 3.8) is 0 Å². The maximum absolute atomic E-state index is 9.59. The molecule has 0 spiro atoms. The molecular weight excluding hydrogens is 296 g/mol. The molecule has 132 valence electrons. The summed E-state index contributed by atoms with van der Waals surface area (Å²) in [5.41, 5.74) is 4.68. The van der Waals surface area contributed by atoms with Crippen LogP contribution in [0.2, 0.25) is 0 Å². The first kappa shape index (κ1) is 20.1. The molecule has 0 aliphatic carbocycles. The number of hydrogen-bond acceptors (Lipinski definition) is 2. The number of rotatable bonds is 5. The summed E-state index contributed by atoms with van der Waals surface area (Å²) < 4.78 is 0. The van der Waals surface area contributed by atoms with Crippen LogP contribution in [0.25, 0.3) is 0 Å². The van der Waals surface area contributed by atoms with Gasteiger partial charge in [-0.1, -0.05) is 51.8 Å². The van der Waals surface area contributed by atoms with Gasteiger partial charge < -0.3 is 10.2 Å². The van der Waals surface area contributed by atoms with E-state index in [1.54, 1.807) is 12.1 Å². The average Bonchev–Trinajstić information content (AvgIpc) is 2.50. The molecule has 2 nitrogen and oxygen atoms in total. The molecule has 2 N–H and O–H groups in total. The smallest absolute Gasteiger partial charge is 0.119 e. The summed E-state index contributed by atoms with van der Waals surface area (Å²) in [6.07, 6.45) is 4.65. The molecule has 0 bridgehead atoms. The summed E-state index contributed by atoms with van der Waals surface area (Å²) in [4.78, 5) is 0. The predicted molar refractivity (Wildman–Crippen MR) is 103 cm³/mol. The topological polar surface area (TPSA) is 40.5 Å². The number of benzene rings is 2. The van der Waals surface area contributed by atoms with Crippen molar-refractivity contribution in [3.8, 4) is 11.5 Å². The Morgan fingerprint density at radius 1 is 0.917 bits per heavy atom. The van der Waals surface area contributed by atoms with Crippen LogP contribution >= 0.6 is 0 Å². The second kappa shape index (κ2) is 10.0. The summed E-state index contributed by atoms with van der Waals surface area (Å²) in [5, 5.41) is 18.7. The molecule has 0 heterocycles. The van der Waals surface area contributed by atoms with Crippen molar-refractivity contribution < 1.29 is 10.2 Å². The highest BCUT2D eigenvalue weighted by atomic mass is 16.3. The molecule has 0 aliphatic rings. The maximum Gasteiger partial charge on any atom is 0.119 e. The minimum Gasteiger partial charge on any atom is -0.508 e. The van der Waals surface area contributed by atoms with E-state index >= 15 is 0 Å². The van der Waals surface area contributed by atoms with Crippen LogP contribution in [-0.4, -0.2) is 10.2 Å². The van der Waals surface area contributed by atoms with Gasteiger partial charge in [0.2, 0.25) is 0 Å². The second-order valence-electron chi connectivity index (χ2n) is 6.78. The molecule has 0 unspecified atom stereocenters. The van der Waals surface area contributed by atoms with Gasteiger partial charge >= 0.3 is 0 Å². The predicted octanol–water partition coefficient (Wildman–Crippen LogP) is 6.26. The van der Waals surface area contributed by atoms with Crippen molar-refractivity contribution in [2.45, 2.75) is 66.2 Å². The third-order valence-corrected chi connectivity index (χ3v) is 4.17. The first-order chi connectivity index (χ1) is 11.3. The molecule has 2 rings (SSSR count). The Labute approximate surface area is 147 Å². The van der Waals surface area contributed by atoms with Crippen molar-refractivity contribution >= 4 is 0 Å². The van der Waals surface area contributed by atoms with E-state index in [4.69, 9.17) is 5.11 Å². The maximum atomic E-state index is 9.59. The van der Waals surface area contributed by atoms with E-state index in [1.165, 1.54) is 30.4 Å². The van der Waals surface area contributed by atoms with E-state index in [-0.39, 0.29) is 0 Å². The third-order valence-electron chi connectivity index (χ3n) is 4.17. The molecule has 0 fully saturated rings. The van der Waals surface area contributed by atoms with Crippen LogP contribution in [0.3, 0.4) is 0 Å². The lowest BCUT2D eigenvalue weighted by molar-refractivity contribution is 0.466. The van der Waals surface area contributed by atoms with Crippen LogP contribution in [0.5, 0.6) is 11.5 Å². The number of aromatic hydroxyl groups is 2. The van der Waals surface area contributed by atoms with Gasteiger partial charge in [-0.2, -0.15) is 0 Å². The highest BCUT2D eigenvalue weighted by molar-refractivity contribution is 5.36. The van der Waals surface area contributed by atoms with Crippen molar-refractivity contribution in [2.75, 3.05) is 0 Å². The van der Waals surface area contributed by atoms with E-state index in [1.807, 2.05) is 32.0 Å². The lowest BCUT2D eigenvalue weighted by Crippen LogP contribution is -1.90. The summed E-state index contributed by atoms with van der Waals surface area (Å²) >= 11 is 0. The summed E-state index contributed by atoms with van der Waals surface area (Å²) in [6.45, 7) is 10.5. The van der Waals surface area contributed by atoms with Gasteiger partial charge in [-0.25, -0.2) is 0 Å². The second-order valence-corrected chi connectivity index (χ2v) is 6.78. The van der Waals surface area contributed by atoms with Gasteiger partial charge in [0.25, 0.3) is 0 Å². The van der Waals surface area contributed by atoms with Crippen molar-refractivity contribution in [1.82, 2.24) is 0 Å². The fourth-order valence-corrected chi connectivity index (χ4v) is 2.76. The zero-order chi connectivity index (χ0) is 18.1. The van der Waals surface area contributed by atoms with Crippen molar-refractivity contribution in [3.05, 3.63) is 58.7 Å². The Bertz CT molecular complexity index is 630. The highest BCUT2D eigenvalue weighted by Crippen LogP contribution is 2.22. The molecule has 0 atom stereocenters. The lowest BCUT2D eigenvalue weighted by atomic mass is 9.98. The molecule has 0 amide bonds. The molecule has 0 radical (unpaired) electrons. The van der Waals surface area contributed by atoms with E-state index < -0.39 is 0 Å². The Morgan fingerprint density at radius 2 is 1.62 bits per heavy atom. The zero-order valence-electron chi connectivity index (χ0n) is 15.8. The van der Waals surface area contributed by atoms with Crippen molar-refractivity contribution in [1.29, 1.82) is 0 Å². The van der Waals surface area contributed by atoms with Crippen LogP contribution in [-0.2, 0) is 6.42 Å². The summed E-state index contributed by atoms with van der Waals surface area (Å²) in [5.74, 6) is 1.35. The molecule has 24 heavy (non-hydrogen) atoms. The fourth-order valence-electron chi connectivity index (χ4n) is 2.76. The lowest BCUT2D eigenvalue weighted by Gasteiger charge is -2.08. The molecule has 2 heteroatoms. The Balaban J connectivity index is 0.000000243. The number of phenols is 2. The van der Waals surface area contributed by atoms with Crippen molar-refractivity contribution in [2.24, 2.45) is 0 Å². The average molecular weight is 328 g/mol. The highest BCUT2D eigenvalue weighted by Gasteiger charge is 2.02. The van der Waals surface area contributed by atoms with Crippen LogP contribution in [0.4, 0.5) is 0 Å². The normalized spacial score (nSPS) is 10.4. The molecule has 0 saturated carbocycles. The number of hydrogen-bond donors (Lipinski definition) is 2. The van der Waals surface area contributed by atoms with Gasteiger partial charge in [0.1, 0.15) is 11.5 Å². The zero-order valence-corrected chi connectivity index (χ0v) is 15.8. The van der Waals surface area contributed by atoms with Crippen LogP contribution in [0.1, 0.15) is 68.2 Å². The summed E-state index contributed by atoms with van der Waals surface area (Å²) in [6, 6.07) is 11.4. The van der Waals surface area contributed by atoms with Gasteiger partial charge in [-0.05, 0) is 73.1 Å². The molecule has 2 aromatic carbocycles. The van der Waals surface area contributed by atoms with E-state index in [0.717, 1.165) is 17.5 Å². The van der Waals surface area contributed by atoms with Crippen LogP contribution in [0, 0.1) is 13.8 Å². The Kier molecular flexibility index (Phi) is 8.39. The third kappa shape index (κ3) is 6.66. The van der Waals surface area contributed by atoms with Crippen LogP contribution < -0.4 is 0 Å². The molecule has 2 aromatic rings. The standard InChI is InChI=1S/C12H18O.C10H14O/c1-3-4-5-6-11-8-7-10(2)9-12(11)13;1-7(2)10-5-4-9(11)6-8(10)3/h7-9,13H,3-6H2,1-2H3;4-7,11H,1-3H3. The molecule has 0 aromatic heterocycles. The van der Waals surface area contributed by atoms with Gasteiger partial charge in [0.05, 0.1) is 0 Å². The van der Waals surface area contributed by atoms with Gasteiger partial charge in [0, 0.05) is 0 Å². The quantitative estimate of drug-likeness (QED) is 0.636. The monoisotopic (exact) mass is 328 g/mol. The first-order valence-corrected chi connectivity index (χ1v) is 8.93. The van der Waals surface area contributed by atoms with Gasteiger partial charge in [-0.15, -0.1) is 0 Å². The molecular formula is C22H32O2. The van der Waals surface area contributed by atoms with Gasteiger partial charge in [-0.3, -0.25) is 0 Å². The van der Waals surface area contributed by atoms with E-state index in [9.17, 15) is 5.11 Å². The number of aryl methyl sites for hydroxylation is 3. The number of phenolic OH excluding ortho intramolecular Hbond substituents is 2. The van der Waals surface area contributed by atoms with Crippen LogP contribution in [0.15, 0.2) is 36.4 Å². The first-order valence-electron chi connectivity index (χ1n) is 8.93. The van der Waals surface area contributed by atoms with Gasteiger partial charge in [0.15, 0.2) is 0 Å². The minimum absolute atomic E-state index is 0.354. The fraction of sp³-hybridized carbons (Fsp3) is 0.455. The Morgan fingerprint density at radius 3 is 2.17 bits per heavy atom. The minimum atomic E-state index is 0.354. The van der Waals surface area contributed by atoms with E-state index in [0.29, 0.717) is 17.4 Å². The Hall–Kier alpha value is -1.96. The van der Waals surface area contributed by atoms with E-state index in [2.05, 4.69) is 26.8 Å². The summed E-state index contributed by atoms with van der Waals surface area (Å²) in [7, 11) is 0.